The van der Waals surface area contributed by atoms with Crippen molar-refractivity contribution in [2.24, 2.45) is 0 Å². The first-order chi connectivity index (χ1) is 8.57. The Labute approximate surface area is 112 Å². The van der Waals surface area contributed by atoms with Crippen LogP contribution in [0.25, 0.3) is 0 Å². The second-order valence-electron chi connectivity index (χ2n) is 4.91. The third-order valence-corrected chi connectivity index (χ3v) is 4.11. The van der Waals surface area contributed by atoms with Gasteiger partial charge in [-0.3, -0.25) is 4.79 Å². The highest BCUT2D eigenvalue weighted by Gasteiger charge is 2.37. The van der Waals surface area contributed by atoms with E-state index in [1.54, 1.807) is 7.11 Å². The molecule has 0 amide bonds. The first kappa shape index (κ1) is 13.2. The monoisotopic (exact) mass is 268 g/mol. The fraction of sp³-hybridized carbons (Fsp3) is 0.500. The molecule has 0 unspecified atom stereocenters. The summed E-state index contributed by atoms with van der Waals surface area (Å²) in [6.07, 6.45) is 4.17. The van der Waals surface area contributed by atoms with Gasteiger partial charge in [0.15, 0.2) is 0 Å². The third kappa shape index (κ3) is 2.46. The number of aliphatic carboxylic acids is 1. The van der Waals surface area contributed by atoms with E-state index in [1.165, 1.54) is 0 Å². The van der Waals surface area contributed by atoms with Gasteiger partial charge in [-0.2, -0.15) is 0 Å². The summed E-state index contributed by atoms with van der Waals surface area (Å²) in [6.45, 7) is 0. The van der Waals surface area contributed by atoms with E-state index in [1.807, 2.05) is 18.2 Å². The maximum atomic E-state index is 11.1. The number of rotatable bonds is 4. The average Bonchev–Trinajstić information content (AvgIpc) is 2.77. The number of methoxy groups -OCH3 is 1. The lowest BCUT2D eigenvalue weighted by molar-refractivity contribution is -0.138. The van der Waals surface area contributed by atoms with Gasteiger partial charge in [0.2, 0.25) is 0 Å². The molecule has 1 aromatic carbocycles. The van der Waals surface area contributed by atoms with Crippen molar-refractivity contribution in [3.8, 4) is 5.75 Å². The summed E-state index contributed by atoms with van der Waals surface area (Å²) in [5, 5.41) is 9.66. The highest BCUT2D eigenvalue weighted by atomic mass is 35.5. The molecule has 1 N–H and O–H groups in total. The number of carbonyl (C=O) groups is 1. The molecular weight excluding hydrogens is 252 g/mol. The molecule has 0 saturated heterocycles. The van der Waals surface area contributed by atoms with E-state index < -0.39 is 5.97 Å². The first-order valence-corrected chi connectivity index (χ1v) is 6.51. The first-order valence-electron chi connectivity index (χ1n) is 6.13. The summed E-state index contributed by atoms with van der Waals surface area (Å²) in [4.78, 5) is 11.1. The normalized spacial score (nSPS) is 17.7. The quantitative estimate of drug-likeness (QED) is 0.907. The summed E-state index contributed by atoms with van der Waals surface area (Å²) in [6, 6.07) is 5.62. The van der Waals surface area contributed by atoms with Crippen molar-refractivity contribution in [1.82, 2.24) is 0 Å². The summed E-state index contributed by atoms with van der Waals surface area (Å²) in [5.74, 6) is -0.118. The lowest BCUT2D eigenvalue weighted by atomic mass is 9.76. The van der Waals surface area contributed by atoms with Gasteiger partial charge >= 0.3 is 5.97 Å². The van der Waals surface area contributed by atoms with Crippen LogP contribution >= 0.6 is 11.6 Å². The second-order valence-corrected chi connectivity index (χ2v) is 5.31. The summed E-state index contributed by atoms with van der Waals surface area (Å²) >= 11 is 6.13. The molecule has 0 radical (unpaired) electrons. The molecule has 18 heavy (non-hydrogen) atoms. The fourth-order valence-electron chi connectivity index (χ4n) is 2.91. The lowest BCUT2D eigenvalue weighted by Gasteiger charge is -2.28. The van der Waals surface area contributed by atoms with Gasteiger partial charge < -0.3 is 9.84 Å². The van der Waals surface area contributed by atoms with Crippen LogP contribution in [0.2, 0.25) is 5.02 Å². The topological polar surface area (TPSA) is 46.5 Å². The fourth-order valence-corrected chi connectivity index (χ4v) is 3.16. The van der Waals surface area contributed by atoms with Crippen molar-refractivity contribution in [2.45, 2.75) is 37.5 Å². The number of benzene rings is 1. The minimum Gasteiger partial charge on any atom is -0.495 e. The number of carboxylic acids is 1. The van der Waals surface area contributed by atoms with Crippen LogP contribution in [0.3, 0.4) is 0 Å². The van der Waals surface area contributed by atoms with E-state index in [-0.39, 0.29) is 11.8 Å². The molecule has 0 aromatic heterocycles. The predicted molar refractivity (Wildman–Crippen MR) is 70.4 cm³/mol. The standard InChI is InChI=1S/C14H17ClO3/c1-18-12-5-4-10(8-11(12)15)14(9-13(16)17)6-2-3-7-14/h4-5,8H,2-3,6-7,9H2,1H3,(H,16,17). The SMILES string of the molecule is COc1ccc(C2(CC(=O)O)CCCC2)cc1Cl. The van der Waals surface area contributed by atoms with Crippen molar-refractivity contribution < 1.29 is 14.6 Å². The Morgan fingerprint density at radius 2 is 2.11 bits per heavy atom. The molecule has 4 heteroatoms. The number of ether oxygens (including phenoxy) is 1. The van der Waals surface area contributed by atoms with Crippen LogP contribution in [-0.2, 0) is 10.2 Å². The van der Waals surface area contributed by atoms with E-state index in [9.17, 15) is 4.79 Å². The molecule has 0 spiro atoms. The van der Waals surface area contributed by atoms with Crippen LogP contribution in [0.15, 0.2) is 18.2 Å². The zero-order chi connectivity index (χ0) is 13.2. The summed E-state index contributed by atoms with van der Waals surface area (Å²) < 4.78 is 5.13. The minimum atomic E-state index is -0.746. The van der Waals surface area contributed by atoms with Crippen molar-refractivity contribution >= 4 is 17.6 Å². The highest BCUT2D eigenvalue weighted by molar-refractivity contribution is 6.32. The molecule has 1 aromatic rings. The summed E-state index contributed by atoms with van der Waals surface area (Å²) in [7, 11) is 1.57. The summed E-state index contributed by atoms with van der Waals surface area (Å²) in [5.41, 5.74) is 0.773. The lowest BCUT2D eigenvalue weighted by Crippen LogP contribution is -2.25. The zero-order valence-corrected chi connectivity index (χ0v) is 11.2. The van der Waals surface area contributed by atoms with Crippen LogP contribution in [-0.4, -0.2) is 18.2 Å². The molecule has 1 fully saturated rings. The molecule has 0 aliphatic heterocycles. The molecule has 0 atom stereocenters. The van der Waals surface area contributed by atoms with Crippen LogP contribution < -0.4 is 4.74 Å². The van der Waals surface area contributed by atoms with Crippen molar-refractivity contribution in [3.05, 3.63) is 28.8 Å². The van der Waals surface area contributed by atoms with Gasteiger partial charge in [0.1, 0.15) is 5.75 Å². The third-order valence-electron chi connectivity index (χ3n) is 3.81. The molecular formula is C14H17ClO3. The molecule has 1 aliphatic rings. The van der Waals surface area contributed by atoms with Gasteiger partial charge in [0.05, 0.1) is 18.6 Å². The van der Waals surface area contributed by atoms with E-state index >= 15 is 0 Å². The van der Waals surface area contributed by atoms with E-state index in [0.29, 0.717) is 10.8 Å². The van der Waals surface area contributed by atoms with E-state index in [2.05, 4.69) is 0 Å². The largest absolute Gasteiger partial charge is 0.495 e. The highest BCUT2D eigenvalue weighted by Crippen LogP contribution is 2.45. The molecule has 0 heterocycles. The molecule has 1 aliphatic carbocycles. The Hall–Kier alpha value is -1.22. The number of halogens is 1. The molecule has 0 bridgehead atoms. The van der Waals surface area contributed by atoms with Gasteiger partial charge in [-0.25, -0.2) is 0 Å². The van der Waals surface area contributed by atoms with Gasteiger partial charge in [-0.1, -0.05) is 30.5 Å². The Balaban J connectivity index is 2.37. The van der Waals surface area contributed by atoms with Gasteiger partial charge in [0, 0.05) is 5.41 Å². The number of hydrogen-bond donors (Lipinski definition) is 1. The van der Waals surface area contributed by atoms with Crippen LogP contribution in [0.4, 0.5) is 0 Å². The average molecular weight is 269 g/mol. The van der Waals surface area contributed by atoms with Gasteiger partial charge in [0.25, 0.3) is 0 Å². The Bertz CT molecular complexity index is 450. The zero-order valence-electron chi connectivity index (χ0n) is 10.4. The Kier molecular flexibility index (Phi) is 3.81. The molecule has 1 saturated carbocycles. The Morgan fingerprint density at radius 3 is 2.61 bits per heavy atom. The maximum absolute atomic E-state index is 11.1. The van der Waals surface area contributed by atoms with Crippen LogP contribution in [0, 0.1) is 0 Å². The predicted octanol–water partition coefficient (Wildman–Crippen LogP) is 3.64. The smallest absolute Gasteiger partial charge is 0.304 e. The van der Waals surface area contributed by atoms with Crippen molar-refractivity contribution in [3.63, 3.8) is 0 Å². The van der Waals surface area contributed by atoms with Gasteiger partial charge in [-0.15, -0.1) is 0 Å². The van der Waals surface area contributed by atoms with Crippen molar-refractivity contribution in [1.29, 1.82) is 0 Å². The number of hydrogen-bond acceptors (Lipinski definition) is 2. The second kappa shape index (κ2) is 5.19. The van der Waals surface area contributed by atoms with E-state index in [4.69, 9.17) is 21.4 Å². The number of carboxylic acid groups (broad SMARTS) is 1. The minimum absolute atomic E-state index is 0.176. The maximum Gasteiger partial charge on any atom is 0.304 e. The van der Waals surface area contributed by atoms with Gasteiger partial charge in [-0.05, 0) is 30.5 Å². The van der Waals surface area contributed by atoms with Crippen LogP contribution in [0.5, 0.6) is 5.75 Å². The van der Waals surface area contributed by atoms with Crippen LogP contribution in [0.1, 0.15) is 37.7 Å². The molecule has 3 nitrogen and oxygen atoms in total. The molecule has 2 rings (SSSR count). The van der Waals surface area contributed by atoms with Crippen molar-refractivity contribution in [2.75, 3.05) is 7.11 Å². The van der Waals surface area contributed by atoms with E-state index in [0.717, 1.165) is 31.2 Å². The molecule has 98 valence electrons. The Morgan fingerprint density at radius 1 is 1.44 bits per heavy atom.